The van der Waals surface area contributed by atoms with Gasteiger partial charge in [0, 0.05) is 18.0 Å². The molecular weight excluding hydrogens is 378 g/mol. The number of hydrogen-bond acceptors (Lipinski definition) is 6. The van der Waals surface area contributed by atoms with Gasteiger partial charge in [0.2, 0.25) is 17.6 Å². The first-order chi connectivity index (χ1) is 14.7. The molecule has 2 aliphatic rings. The van der Waals surface area contributed by atoms with Crippen LogP contribution in [0.25, 0.3) is 11.4 Å². The average Bonchev–Trinajstić information content (AvgIpc) is 3.44. The Labute approximate surface area is 178 Å². The van der Waals surface area contributed by atoms with Crippen LogP contribution in [0.3, 0.4) is 0 Å². The zero-order valence-corrected chi connectivity index (χ0v) is 18.0. The van der Waals surface area contributed by atoms with Crippen LogP contribution in [0.2, 0.25) is 0 Å². The molecule has 3 heterocycles. The van der Waals surface area contributed by atoms with Gasteiger partial charge in [0.05, 0.1) is 6.54 Å². The highest BCUT2D eigenvalue weighted by molar-refractivity contribution is 5.78. The maximum atomic E-state index is 12.5. The van der Waals surface area contributed by atoms with Gasteiger partial charge in [-0.1, -0.05) is 28.9 Å². The molecule has 0 bridgehead atoms. The van der Waals surface area contributed by atoms with Crippen LogP contribution in [0.4, 0.5) is 0 Å². The third kappa shape index (κ3) is 5.67. The summed E-state index contributed by atoms with van der Waals surface area (Å²) in [5, 5.41) is 7.27. The van der Waals surface area contributed by atoms with Crippen LogP contribution in [0.1, 0.15) is 43.6 Å². The lowest BCUT2D eigenvalue weighted by atomic mass is 9.96. The van der Waals surface area contributed by atoms with Gasteiger partial charge >= 0.3 is 0 Å². The van der Waals surface area contributed by atoms with Crippen molar-refractivity contribution in [1.29, 1.82) is 0 Å². The van der Waals surface area contributed by atoms with Crippen molar-refractivity contribution < 1.29 is 9.32 Å². The lowest BCUT2D eigenvalue weighted by Gasteiger charge is -2.30. The van der Waals surface area contributed by atoms with E-state index in [0.717, 1.165) is 51.0 Å². The number of rotatable bonds is 8. The molecule has 0 radical (unpaired) electrons. The van der Waals surface area contributed by atoms with Crippen molar-refractivity contribution in [3.8, 4) is 11.4 Å². The summed E-state index contributed by atoms with van der Waals surface area (Å²) in [6, 6.07) is 8.11. The van der Waals surface area contributed by atoms with Crippen molar-refractivity contribution >= 4 is 5.91 Å². The molecule has 162 valence electrons. The molecule has 1 aromatic heterocycles. The van der Waals surface area contributed by atoms with Crippen LogP contribution in [0.5, 0.6) is 0 Å². The molecule has 2 aliphatic heterocycles. The Hall–Kier alpha value is -2.25. The number of benzene rings is 1. The molecule has 0 aliphatic carbocycles. The van der Waals surface area contributed by atoms with E-state index in [1.165, 1.54) is 31.5 Å². The van der Waals surface area contributed by atoms with Gasteiger partial charge in [-0.25, -0.2) is 0 Å². The lowest BCUT2D eigenvalue weighted by molar-refractivity contribution is -0.126. The number of hydrogen-bond donors (Lipinski definition) is 1. The highest BCUT2D eigenvalue weighted by atomic mass is 16.5. The first-order valence-corrected chi connectivity index (χ1v) is 11.3. The van der Waals surface area contributed by atoms with E-state index >= 15 is 0 Å². The number of amides is 1. The van der Waals surface area contributed by atoms with Crippen molar-refractivity contribution in [3.63, 3.8) is 0 Å². The minimum Gasteiger partial charge on any atom is -0.356 e. The maximum Gasteiger partial charge on any atom is 0.241 e. The third-order valence-corrected chi connectivity index (χ3v) is 6.21. The standard InChI is InChI=1S/C23H33N5O2/c1-18-6-4-7-20(16-18)22-25-21(30-26-22)17-28-14-8-19(9-15-28)23(29)24-10-5-13-27-11-2-3-12-27/h4,6-7,16,19H,2-3,5,8-15,17H2,1H3,(H,24,29). The van der Waals surface area contributed by atoms with E-state index in [4.69, 9.17) is 4.52 Å². The van der Waals surface area contributed by atoms with Crippen molar-refractivity contribution in [2.24, 2.45) is 5.92 Å². The summed E-state index contributed by atoms with van der Waals surface area (Å²) in [6.07, 6.45) is 5.46. The van der Waals surface area contributed by atoms with E-state index in [9.17, 15) is 4.79 Å². The second-order valence-electron chi connectivity index (χ2n) is 8.62. The summed E-state index contributed by atoms with van der Waals surface area (Å²) in [6.45, 7) is 8.80. The van der Waals surface area contributed by atoms with Crippen molar-refractivity contribution in [2.75, 3.05) is 39.3 Å². The molecular formula is C23H33N5O2. The molecule has 1 N–H and O–H groups in total. The monoisotopic (exact) mass is 411 g/mol. The highest BCUT2D eigenvalue weighted by Crippen LogP contribution is 2.21. The van der Waals surface area contributed by atoms with E-state index in [0.29, 0.717) is 18.3 Å². The lowest BCUT2D eigenvalue weighted by Crippen LogP contribution is -2.40. The topological polar surface area (TPSA) is 74.5 Å². The van der Waals surface area contributed by atoms with Gasteiger partial charge in [0.1, 0.15) is 0 Å². The number of aromatic nitrogens is 2. The van der Waals surface area contributed by atoms with Crippen LogP contribution in [-0.2, 0) is 11.3 Å². The molecule has 2 aromatic rings. The summed E-state index contributed by atoms with van der Waals surface area (Å²) in [5.74, 6) is 1.61. The quantitative estimate of drug-likeness (QED) is 0.674. The smallest absolute Gasteiger partial charge is 0.241 e. The van der Waals surface area contributed by atoms with Gasteiger partial charge in [-0.15, -0.1) is 0 Å². The predicted octanol–water partition coefficient (Wildman–Crippen LogP) is 2.86. The van der Waals surface area contributed by atoms with E-state index in [1.54, 1.807) is 0 Å². The molecule has 0 unspecified atom stereocenters. The zero-order chi connectivity index (χ0) is 20.8. The molecule has 1 aromatic carbocycles. The summed E-state index contributed by atoms with van der Waals surface area (Å²) in [5.41, 5.74) is 2.15. The van der Waals surface area contributed by atoms with Gasteiger partial charge in [-0.05, 0) is 77.8 Å². The van der Waals surface area contributed by atoms with Crippen molar-refractivity contribution in [2.45, 2.75) is 45.6 Å². The van der Waals surface area contributed by atoms with Crippen molar-refractivity contribution in [1.82, 2.24) is 25.3 Å². The molecule has 30 heavy (non-hydrogen) atoms. The fourth-order valence-electron chi connectivity index (χ4n) is 4.43. The van der Waals surface area contributed by atoms with E-state index in [-0.39, 0.29) is 11.8 Å². The molecule has 2 fully saturated rings. The van der Waals surface area contributed by atoms with Crippen LogP contribution >= 0.6 is 0 Å². The first kappa shape index (κ1) is 21.0. The Kier molecular flexibility index (Phi) is 7.12. The van der Waals surface area contributed by atoms with Crippen LogP contribution in [-0.4, -0.2) is 65.1 Å². The highest BCUT2D eigenvalue weighted by Gasteiger charge is 2.26. The van der Waals surface area contributed by atoms with Crippen molar-refractivity contribution in [3.05, 3.63) is 35.7 Å². The van der Waals surface area contributed by atoms with Gasteiger partial charge in [-0.2, -0.15) is 4.98 Å². The van der Waals surface area contributed by atoms with Gasteiger partial charge < -0.3 is 14.7 Å². The zero-order valence-electron chi connectivity index (χ0n) is 18.0. The average molecular weight is 412 g/mol. The third-order valence-electron chi connectivity index (χ3n) is 6.21. The fourth-order valence-corrected chi connectivity index (χ4v) is 4.43. The Morgan fingerprint density at radius 3 is 2.73 bits per heavy atom. The SMILES string of the molecule is Cc1cccc(-c2noc(CN3CCC(C(=O)NCCCN4CCCC4)CC3)n2)c1. The van der Waals surface area contributed by atoms with Crippen LogP contribution < -0.4 is 5.32 Å². The minimum atomic E-state index is 0.124. The molecule has 7 heteroatoms. The number of nitrogens with zero attached hydrogens (tertiary/aromatic N) is 4. The number of aryl methyl sites for hydroxylation is 1. The van der Waals surface area contributed by atoms with Crippen LogP contribution in [0.15, 0.2) is 28.8 Å². The molecule has 0 saturated carbocycles. The normalized spacial score (nSPS) is 18.7. The van der Waals surface area contributed by atoms with E-state index in [1.807, 2.05) is 12.1 Å². The Morgan fingerprint density at radius 1 is 1.17 bits per heavy atom. The predicted molar refractivity (Wildman–Crippen MR) is 116 cm³/mol. The summed E-state index contributed by atoms with van der Waals surface area (Å²) in [4.78, 5) is 21.8. The molecule has 0 spiro atoms. The fraction of sp³-hybridized carbons (Fsp3) is 0.609. The number of carbonyl (C=O) groups is 1. The number of piperidine rings is 1. The molecule has 2 saturated heterocycles. The summed E-state index contributed by atoms with van der Waals surface area (Å²) < 4.78 is 5.46. The Bertz CT molecular complexity index is 823. The maximum absolute atomic E-state index is 12.5. The number of nitrogens with one attached hydrogen (secondary N) is 1. The number of carbonyl (C=O) groups excluding carboxylic acids is 1. The second-order valence-corrected chi connectivity index (χ2v) is 8.62. The minimum absolute atomic E-state index is 0.124. The summed E-state index contributed by atoms with van der Waals surface area (Å²) in [7, 11) is 0. The van der Waals surface area contributed by atoms with E-state index < -0.39 is 0 Å². The van der Waals surface area contributed by atoms with Gasteiger partial charge in [0.25, 0.3) is 0 Å². The molecule has 7 nitrogen and oxygen atoms in total. The summed E-state index contributed by atoms with van der Waals surface area (Å²) >= 11 is 0. The van der Waals surface area contributed by atoms with Gasteiger partial charge in [0.15, 0.2) is 0 Å². The Morgan fingerprint density at radius 2 is 1.97 bits per heavy atom. The molecule has 0 atom stereocenters. The molecule has 4 rings (SSSR count). The second kappa shape index (κ2) is 10.2. The van der Waals surface area contributed by atoms with Gasteiger partial charge in [-0.3, -0.25) is 9.69 Å². The molecule has 1 amide bonds. The first-order valence-electron chi connectivity index (χ1n) is 11.3. The largest absolute Gasteiger partial charge is 0.356 e. The number of likely N-dealkylation sites (tertiary alicyclic amines) is 2. The van der Waals surface area contributed by atoms with Crippen LogP contribution in [0, 0.1) is 12.8 Å². The Balaban J connectivity index is 1.17. The van der Waals surface area contributed by atoms with E-state index in [2.05, 4.69) is 44.3 Å².